The molecule has 0 aromatic carbocycles. The monoisotopic (exact) mass is 244 g/mol. The Morgan fingerprint density at radius 2 is 1.89 bits per heavy atom. The molecule has 0 bridgehead atoms. The maximum Gasteiger partial charge on any atom is 0.334 e. The summed E-state index contributed by atoms with van der Waals surface area (Å²) in [6.07, 6.45) is 3.12. The Morgan fingerprint density at radius 1 is 1.17 bits per heavy atom. The smallest absolute Gasteiger partial charge is 0.334 e. The van der Waals surface area contributed by atoms with Gasteiger partial charge in [0.25, 0.3) is 0 Å². The first-order valence-corrected chi connectivity index (χ1v) is 6.33. The van der Waals surface area contributed by atoms with E-state index < -0.39 is 0 Å². The van der Waals surface area contributed by atoms with Crippen molar-refractivity contribution in [2.75, 3.05) is 0 Å². The average molecular weight is 244 g/mol. The van der Waals surface area contributed by atoms with Crippen molar-refractivity contribution in [3.63, 3.8) is 0 Å². The van der Waals surface area contributed by atoms with E-state index >= 15 is 0 Å². The fraction of sp³-hybridized carbons (Fsp3) is 0.467. The molecule has 0 saturated carbocycles. The molecule has 0 aromatic rings. The standard InChI is InChI=1S/C15H16O3/c1-7-4-5-10-9(3)15(17)18-14(10)13-8(2)6-11(16)12(7)13/h6,13-14H,4-5H2,1-3H3/t13-,14-/m0/s1. The Balaban J connectivity index is 2.14. The number of ether oxygens (including phenoxy) is 1. The van der Waals surface area contributed by atoms with Crippen LogP contribution in [0.15, 0.2) is 33.9 Å². The third-order valence-corrected chi connectivity index (χ3v) is 4.32. The van der Waals surface area contributed by atoms with Gasteiger partial charge in [-0.25, -0.2) is 4.79 Å². The number of fused-ring (bicyclic) bond motifs is 3. The number of hydrogen-bond acceptors (Lipinski definition) is 3. The zero-order valence-corrected chi connectivity index (χ0v) is 10.9. The Bertz CT molecular complexity index is 560. The van der Waals surface area contributed by atoms with Crippen LogP contribution in [0.5, 0.6) is 0 Å². The first kappa shape index (κ1) is 11.5. The second-order valence-electron chi connectivity index (χ2n) is 5.40. The Kier molecular flexibility index (Phi) is 2.34. The normalized spacial score (nSPS) is 31.2. The van der Waals surface area contributed by atoms with Crippen LogP contribution in [0.4, 0.5) is 0 Å². The molecule has 1 aliphatic heterocycles. The molecule has 2 atom stereocenters. The molecular formula is C15H16O3. The highest BCUT2D eigenvalue weighted by Gasteiger charge is 2.45. The minimum Gasteiger partial charge on any atom is -0.453 e. The molecule has 3 heteroatoms. The Morgan fingerprint density at radius 3 is 2.61 bits per heavy atom. The molecule has 0 saturated heterocycles. The molecule has 0 amide bonds. The molecule has 1 heterocycles. The summed E-state index contributed by atoms with van der Waals surface area (Å²) >= 11 is 0. The molecule has 0 aromatic heterocycles. The summed E-state index contributed by atoms with van der Waals surface area (Å²) in [4.78, 5) is 23.8. The van der Waals surface area contributed by atoms with Crippen molar-refractivity contribution in [1.82, 2.24) is 0 Å². The van der Waals surface area contributed by atoms with Gasteiger partial charge in [0.05, 0.1) is 0 Å². The maximum absolute atomic E-state index is 12.0. The van der Waals surface area contributed by atoms with E-state index in [2.05, 4.69) is 0 Å². The van der Waals surface area contributed by atoms with Crippen molar-refractivity contribution in [1.29, 1.82) is 0 Å². The van der Waals surface area contributed by atoms with Gasteiger partial charge in [-0.2, -0.15) is 0 Å². The third kappa shape index (κ3) is 1.36. The molecule has 0 spiro atoms. The summed E-state index contributed by atoms with van der Waals surface area (Å²) in [5.41, 5.74) is 4.84. The highest BCUT2D eigenvalue weighted by molar-refractivity contribution is 6.09. The Labute approximate surface area is 106 Å². The van der Waals surface area contributed by atoms with Gasteiger partial charge >= 0.3 is 5.97 Å². The predicted molar refractivity (Wildman–Crippen MR) is 66.8 cm³/mol. The molecule has 2 aliphatic carbocycles. The van der Waals surface area contributed by atoms with Crippen molar-refractivity contribution in [3.05, 3.63) is 33.9 Å². The number of esters is 1. The van der Waals surface area contributed by atoms with Gasteiger partial charge < -0.3 is 4.74 Å². The van der Waals surface area contributed by atoms with Crippen LogP contribution in [0.2, 0.25) is 0 Å². The number of carbonyl (C=O) groups excluding carboxylic acids is 2. The van der Waals surface area contributed by atoms with E-state index in [1.165, 1.54) is 0 Å². The quantitative estimate of drug-likeness (QED) is 0.615. The number of rotatable bonds is 0. The van der Waals surface area contributed by atoms with Gasteiger partial charge in [0.15, 0.2) is 5.78 Å². The minimum absolute atomic E-state index is 0.0450. The average Bonchev–Trinajstić information content (AvgIpc) is 2.68. The SMILES string of the molecule is CC1=CC(=O)C2=C(C)CCC3=C(C)C(=O)O[C@@H]3[C@@H]12. The van der Waals surface area contributed by atoms with Crippen LogP contribution in [-0.2, 0) is 14.3 Å². The summed E-state index contributed by atoms with van der Waals surface area (Å²) in [6, 6.07) is 0. The van der Waals surface area contributed by atoms with Crippen LogP contribution < -0.4 is 0 Å². The van der Waals surface area contributed by atoms with E-state index in [4.69, 9.17) is 4.74 Å². The van der Waals surface area contributed by atoms with Gasteiger partial charge in [-0.1, -0.05) is 11.1 Å². The van der Waals surface area contributed by atoms with Crippen LogP contribution in [0.25, 0.3) is 0 Å². The van der Waals surface area contributed by atoms with E-state index in [0.717, 1.165) is 40.7 Å². The van der Waals surface area contributed by atoms with Gasteiger partial charge in [0.1, 0.15) is 6.10 Å². The summed E-state index contributed by atoms with van der Waals surface area (Å²) < 4.78 is 5.50. The van der Waals surface area contributed by atoms with Crippen molar-refractivity contribution in [3.8, 4) is 0 Å². The predicted octanol–water partition coefficient (Wildman–Crippen LogP) is 2.48. The lowest BCUT2D eigenvalue weighted by Gasteiger charge is -2.21. The molecule has 0 unspecified atom stereocenters. The zero-order valence-electron chi connectivity index (χ0n) is 10.9. The van der Waals surface area contributed by atoms with Gasteiger partial charge in [-0.05, 0) is 45.3 Å². The summed E-state index contributed by atoms with van der Waals surface area (Å²) in [7, 11) is 0. The molecule has 0 N–H and O–H groups in total. The lowest BCUT2D eigenvalue weighted by molar-refractivity contribution is -0.140. The summed E-state index contributed by atoms with van der Waals surface area (Å²) in [5, 5.41) is 0. The van der Waals surface area contributed by atoms with E-state index in [9.17, 15) is 9.59 Å². The fourth-order valence-electron chi connectivity index (χ4n) is 3.30. The van der Waals surface area contributed by atoms with Gasteiger partial charge in [-0.15, -0.1) is 0 Å². The van der Waals surface area contributed by atoms with E-state index in [1.807, 2.05) is 20.8 Å². The number of allylic oxidation sites excluding steroid dienone is 2. The second kappa shape index (κ2) is 3.67. The molecule has 3 aliphatic rings. The topological polar surface area (TPSA) is 43.4 Å². The lowest BCUT2D eigenvalue weighted by Crippen LogP contribution is -2.24. The molecule has 3 rings (SSSR count). The van der Waals surface area contributed by atoms with Crippen molar-refractivity contribution >= 4 is 11.8 Å². The number of carbonyl (C=O) groups is 2. The third-order valence-electron chi connectivity index (χ3n) is 4.32. The fourth-order valence-corrected chi connectivity index (χ4v) is 3.30. The largest absolute Gasteiger partial charge is 0.453 e. The lowest BCUT2D eigenvalue weighted by atomic mass is 9.87. The highest BCUT2D eigenvalue weighted by atomic mass is 16.5. The molecule has 3 nitrogen and oxygen atoms in total. The second-order valence-corrected chi connectivity index (χ2v) is 5.40. The number of hydrogen-bond donors (Lipinski definition) is 0. The Hall–Kier alpha value is -1.64. The van der Waals surface area contributed by atoms with E-state index in [0.29, 0.717) is 0 Å². The van der Waals surface area contributed by atoms with Crippen molar-refractivity contribution in [2.24, 2.45) is 5.92 Å². The van der Waals surface area contributed by atoms with Crippen LogP contribution in [0, 0.1) is 5.92 Å². The maximum atomic E-state index is 12.0. The van der Waals surface area contributed by atoms with Crippen molar-refractivity contribution in [2.45, 2.75) is 39.7 Å². The molecule has 0 fully saturated rings. The molecule has 94 valence electrons. The van der Waals surface area contributed by atoms with Crippen LogP contribution in [-0.4, -0.2) is 17.9 Å². The van der Waals surface area contributed by atoms with Crippen LogP contribution in [0.1, 0.15) is 33.6 Å². The summed E-state index contributed by atoms with van der Waals surface area (Å²) in [6.45, 7) is 5.80. The number of ketones is 1. The van der Waals surface area contributed by atoms with Gasteiger partial charge in [-0.3, -0.25) is 4.79 Å². The van der Waals surface area contributed by atoms with Gasteiger partial charge in [0, 0.05) is 17.1 Å². The van der Waals surface area contributed by atoms with E-state index in [-0.39, 0.29) is 23.8 Å². The van der Waals surface area contributed by atoms with Crippen molar-refractivity contribution < 1.29 is 14.3 Å². The zero-order chi connectivity index (χ0) is 13.0. The first-order chi connectivity index (χ1) is 8.50. The van der Waals surface area contributed by atoms with Crippen LogP contribution in [0.3, 0.4) is 0 Å². The van der Waals surface area contributed by atoms with Gasteiger partial charge in [0.2, 0.25) is 0 Å². The molecular weight excluding hydrogens is 228 g/mol. The van der Waals surface area contributed by atoms with E-state index in [1.54, 1.807) is 6.08 Å². The van der Waals surface area contributed by atoms with Crippen LogP contribution >= 0.6 is 0 Å². The first-order valence-electron chi connectivity index (χ1n) is 6.33. The highest BCUT2D eigenvalue weighted by Crippen LogP contribution is 2.45. The summed E-state index contributed by atoms with van der Waals surface area (Å²) in [5.74, 6) is -0.172. The minimum atomic E-state index is -0.243. The molecule has 0 radical (unpaired) electrons. The molecule has 18 heavy (non-hydrogen) atoms.